The smallest absolute Gasteiger partial charge is 0.292 e. The third kappa shape index (κ3) is 3.88. The van der Waals surface area contributed by atoms with Gasteiger partial charge in [0.1, 0.15) is 5.69 Å². The lowest BCUT2D eigenvalue weighted by molar-refractivity contribution is -0.386. The van der Waals surface area contributed by atoms with Gasteiger partial charge in [-0.25, -0.2) is 0 Å². The maximum Gasteiger partial charge on any atom is 0.292 e. The molecule has 0 aromatic carbocycles. The highest BCUT2D eigenvalue weighted by molar-refractivity contribution is 6.30. The highest BCUT2D eigenvalue weighted by atomic mass is 35.5. The van der Waals surface area contributed by atoms with Gasteiger partial charge >= 0.3 is 0 Å². The lowest BCUT2D eigenvalue weighted by Crippen LogP contribution is -2.34. The summed E-state index contributed by atoms with van der Waals surface area (Å²) in [7, 11) is 0. The molecule has 19 heavy (non-hydrogen) atoms. The summed E-state index contributed by atoms with van der Waals surface area (Å²) in [6.45, 7) is 3.04. The van der Waals surface area contributed by atoms with Crippen LogP contribution in [0.15, 0.2) is 12.3 Å². The van der Waals surface area contributed by atoms with Crippen LogP contribution < -0.4 is 5.32 Å². The Balaban J connectivity index is 2.13. The minimum absolute atomic E-state index is 0.0245. The molecule has 1 aromatic heterocycles. The largest absolute Gasteiger partial charge is 0.313 e. The summed E-state index contributed by atoms with van der Waals surface area (Å²) in [6.07, 6.45) is 5.52. The Morgan fingerprint density at radius 3 is 2.95 bits per heavy atom. The lowest BCUT2D eigenvalue weighted by atomic mass is 10.0. The first-order valence-electron chi connectivity index (χ1n) is 6.64. The SMILES string of the molecule is CCCNC(Cc1ncc(Cl)cc1[N+](=O)[O-])C1CC1. The van der Waals surface area contributed by atoms with Crippen LogP contribution in [0.2, 0.25) is 5.02 Å². The third-order valence-corrected chi connectivity index (χ3v) is 3.58. The molecule has 1 aromatic rings. The highest BCUT2D eigenvalue weighted by Gasteiger charge is 2.32. The standard InChI is InChI=1S/C13H18ClN3O2/c1-2-5-15-11(9-3-4-9)7-12-13(17(18)19)6-10(14)8-16-12/h6,8-9,11,15H,2-5,7H2,1H3. The van der Waals surface area contributed by atoms with E-state index in [4.69, 9.17) is 11.6 Å². The minimum atomic E-state index is -0.405. The molecule has 0 aliphatic heterocycles. The van der Waals surface area contributed by atoms with Crippen molar-refractivity contribution in [3.8, 4) is 0 Å². The number of rotatable bonds is 7. The predicted octanol–water partition coefficient (Wildman–Crippen LogP) is 2.96. The van der Waals surface area contributed by atoms with E-state index in [1.807, 2.05) is 0 Å². The van der Waals surface area contributed by atoms with Crippen LogP contribution in [0, 0.1) is 16.0 Å². The molecular formula is C13H18ClN3O2. The molecule has 5 nitrogen and oxygen atoms in total. The van der Waals surface area contributed by atoms with Gasteiger partial charge in [0.25, 0.3) is 5.69 Å². The second-order valence-corrected chi connectivity index (χ2v) is 5.42. The van der Waals surface area contributed by atoms with Gasteiger partial charge in [0.05, 0.1) is 9.95 Å². The highest BCUT2D eigenvalue weighted by Crippen LogP contribution is 2.35. The van der Waals surface area contributed by atoms with E-state index in [1.165, 1.54) is 25.1 Å². The fraction of sp³-hybridized carbons (Fsp3) is 0.615. The van der Waals surface area contributed by atoms with Crippen molar-refractivity contribution in [2.24, 2.45) is 5.92 Å². The Morgan fingerprint density at radius 2 is 2.37 bits per heavy atom. The zero-order valence-electron chi connectivity index (χ0n) is 10.9. The summed E-state index contributed by atoms with van der Waals surface area (Å²) in [5.74, 6) is 0.628. The molecule has 1 heterocycles. The van der Waals surface area contributed by atoms with Crippen molar-refractivity contribution in [1.29, 1.82) is 0 Å². The maximum absolute atomic E-state index is 11.0. The number of aromatic nitrogens is 1. The van der Waals surface area contributed by atoms with Crippen LogP contribution >= 0.6 is 11.6 Å². The summed E-state index contributed by atoms with van der Waals surface area (Å²) >= 11 is 5.77. The Labute approximate surface area is 117 Å². The normalized spacial score (nSPS) is 16.3. The van der Waals surface area contributed by atoms with E-state index in [0.717, 1.165) is 13.0 Å². The van der Waals surface area contributed by atoms with E-state index < -0.39 is 4.92 Å². The first-order valence-corrected chi connectivity index (χ1v) is 7.01. The summed E-state index contributed by atoms with van der Waals surface area (Å²) in [5.41, 5.74) is 0.548. The van der Waals surface area contributed by atoms with Crippen molar-refractivity contribution >= 4 is 17.3 Å². The summed E-state index contributed by atoms with van der Waals surface area (Å²) in [6, 6.07) is 1.67. The van der Waals surface area contributed by atoms with Crippen molar-refractivity contribution in [1.82, 2.24) is 10.3 Å². The molecule has 1 aliphatic carbocycles. The minimum Gasteiger partial charge on any atom is -0.313 e. The topological polar surface area (TPSA) is 68.1 Å². The van der Waals surface area contributed by atoms with E-state index in [1.54, 1.807) is 0 Å². The Bertz CT molecular complexity index is 463. The van der Waals surface area contributed by atoms with E-state index in [-0.39, 0.29) is 11.7 Å². The van der Waals surface area contributed by atoms with E-state index in [9.17, 15) is 10.1 Å². The Hall–Kier alpha value is -1.20. The molecule has 0 amide bonds. The molecule has 1 N–H and O–H groups in total. The number of halogens is 1. The van der Waals surface area contributed by atoms with Crippen LogP contribution in [0.1, 0.15) is 31.9 Å². The monoisotopic (exact) mass is 283 g/mol. The second kappa shape index (κ2) is 6.30. The maximum atomic E-state index is 11.0. The summed E-state index contributed by atoms with van der Waals surface area (Å²) < 4.78 is 0. The van der Waals surface area contributed by atoms with Gasteiger partial charge in [0.15, 0.2) is 0 Å². The van der Waals surface area contributed by atoms with Crippen LogP contribution in [0.5, 0.6) is 0 Å². The van der Waals surface area contributed by atoms with Gasteiger partial charge in [-0.3, -0.25) is 15.1 Å². The van der Waals surface area contributed by atoms with E-state index in [0.29, 0.717) is 23.1 Å². The van der Waals surface area contributed by atoms with Gasteiger partial charge in [0, 0.05) is 24.7 Å². The fourth-order valence-electron chi connectivity index (χ4n) is 2.21. The third-order valence-electron chi connectivity index (χ3n) is 3.37. The van der Waals surface area contributed by atoms with Gasteiger partial charge in [-0.1, -0.05) is 18.5 Å². The number of nitrogens with one attached hydrogen (secondary N) is 1. The molecular weight excluding hydrogens is 266 g/mol. The molecule has 1 unspecified atom stereocenters. The molecule has 1 saturated carbocycles. The summed E-state index contributed by atoms with van der Waals surface area (Å²) in [4.78, 5) is 14.8. The fourth-order valence-corrected chi connectivity index (χ4v) is 2.37. The van der Waals surface area contributed by atoms with Crippen molar-refractivity contribution in [3.63, 3.8) is 0 Å². The van der Waals surface area contributed by atoms with E-state index >= 15 is 0 Å². The number of nitro groups is 1. The van der Waals surface area contributed by atoms with Crippen molar-refractivity contribution in [2.75, 3.05) is 6.54 Å². The molecule has 0 saturated heterocycles. The molecule has 1 aliphatic rings. The zero-order chi connectivity index (χ0) is 13.8. The first kappa shape index (κ1) is 14.2. The predicted molar refractivity (Wildman–Crippen MR) is 74.4 cm³/mol. The molecule has 2 rings (SSSR count). The second-order valence-electron chi connectivity index (χ2n) is 4.98. The molecule has 0 radical (unpaired) electrons. The molecule has 6 heteroatoms. The molecule has 1 atom stereocenters. The number of pyridine rings is 1. The molecule has 0 bridgehead atoms. The number of nitrogens with zero attached hydrogens (tertiary/aromatic N) is 2. The van der Waals surface area contributed by atoms with Crippen molar-refractivity contribution < 1.29 is 4.92 Å². The zero-order valence-corrected chi connectivity index (χ0v) is 11.7. The average Bonchev–Trinajstić information content (AvgIpc) is 3.20. The molecule has 1 fully saturated rings. The van der Waals surface area contributed by atoms with Gasteiger partial charge in [0.2, 0.25) is 0 Å². The molecule has 104 valence electrons. The van der Waals surface area contributed by atoms with Crippen LogP contribution in [0.4, 0.5) is 5.69 Å². The number of hydrogen-bond acceptors (Lipinski definition) is 4. The van der Waals surface area contributed by atoms with Gasteiger partial charge < -0.3 is 5.32 Å². The average molecular weight is 284 g/mol. The molecule has 0 spiro atoms. The van der Waals surface area contributed by atoms with Gasteiger partial charge in [-0.05, 0) is 31.7 Å². The van der Waals surface area contributed by atoms with E-state index in [2.05, 4.69) is 17.2 Å². The lowest BCUT2D eigenvalue weighted by Gasteiger charge is -2.17. The van der Waals surface area contributed by atoms with Crippen molar-refractivity contribution in [3.05, 3.63) is 33.1 Å². The van der Waals surface area contributed by atoms with Crippen LogP contribution in [-0.2, 0) is 6.42 Å². The van der Waals surface area contributed by atoms with Crippen LogP contribution in [-0.4, -0.2) is 22.5 Å². The van der Waals surface area contributed by atoms with Crippen molar-refractivity contribution in [2.45, 2.75) is 38.6 Å². The first-order chi connectivity index (χ1) is 9.11. The van der Waals surface area contributed by atoms with Gasteiger partial charge in [-0.15, -0.1) is 0 Å². The Morgan fingerprint density at radius 1 is 1.63 bits per heavy atom. The quantitative estimate of drug-likeness (QED) is 0.617. The number of hydrogen-bond donors (Lipinski definition) is 1. The Kier molecular flexibility index (Phi) is 4.71. The van der Waals surface area contributed by atoms with Crippen LogP contribution in [0.3, 0.4) is 0 Å². The summed E-state index contributed by atoms with van der Waals surface area (Å²) in [5, 5.41) is 14.8. The van der Waals surface area contributed by atoms with Gasteiger partial charge in [-0.2, -0.15) is 0 Å². The van der Waals surface area contributed by atoms with Crippen LogP contribution in [0.25, 0.3) is 0 Å².